The monoisotopic (exact) mass is 446 g/mol. The van der Waals surface area contributed by atoms with Crippen molar-refractivity contribution in [2.24, 2.45) is 0 Å². The second-order valence-corrected chi connectivity index (χ2v) is 8.03. The van der Waals surface area contributed by atoms with Crippen LogP contribution in [-0.4, -0.2) is 40.3 Å². The van der Waals surface area contributed by atoms with Crippen LogP contribution in [0, 0.1) is 0 Å². The number of aromatic amines is 1. The summed E-state index contributed by atoms with van der Waals surface area (Å²) < 4.78 is 25.0. The van der Waals surface area contributed by atoms with Crippen LogP contribution in [0.2, 0.25) is 0 Å². The summed E-state index contributed by atoms with van der Waals surface area (Å²) in [6, 6.07) is 16.5. The topological polar surface area (TPSA) is 82.2 Å². The summed E-state index contributed by atoms with van der Waals surface area (Å²) in [5.41, 5.74) is 5.31. The maximum absolute atomic E-state index is 5.60. The number of nitrogens with one attached hydrogen (secondary N) is 1. The van der Waals surface area contributed by atoms with E-state index in [4.69, 9.17) is 14.2 Å². The number of allylic oxidation sites excluding steroid dienone is 1. The SMILES string of the molecule is COc1ccc(C2(c3ccccc3)C=Cc3c(-c4nsnc4OC)n[nH]c3C2)cc1OC. The maximum Gasteiger partial charge on any atom is 0.255 e. The number of methoxy groups -OCH3 is 3. The van der Waals surface area contributed by atoms with Gasteiger partial charge in [0.1, 0.15) is 5.69 Å². The average molecular weight is 447 g/mol. The molecule has 2 aromatic carbocycles. The van der Waals surface area contributed by atoms with Gasteiger partial charge < -0.3 is 14.2 Å². The lowest BCUT2D eigenvalue weighted by molar-refractivity contribution is 0.354. The van der Waals surface area contributed by atoms with E-state index in [1.165, 1.54) is 5.56 Å². The molecule has 1 atom stereocenters. The third kappa shape index (κ3) is 3.15. The van der Waals surface area contributed by atoms with Gasteiger partial charge in [0.15, 0.2) is 17.2 Å². The van der Waals surface area contributed by atoms with Gasteiger partial charge in [-0.05, 0) is 23.3 Å². The molecule has 1 N–H and O–H groups in total. The molecule has 32 heavy (non-hydrogen) atoms. The second kappa shape index (κ2) is 8.12. The molecule has 0 radical (unpaired) electrons. The number of hydrogen-bond donors (Lipinski definition) is 1. The third-order valence-electron chi connectivity index (χ3n) is 5.94. The van der Waals surface area contributed by atoms with Crippen LogP contribution >= 0.6 is 11.7 Å². The molecular weight excluding hydrogens is 424 g/mol. The molecule has 0 amide bonds. The fourth-order valence-electron chi connectivity index (χ4n) is 4.32. The van der Waals surface area contributed by atoms with Gasteiger partial charge in [0.05, 0.1) is 33.1 Å². The van der Waals surface area contributed by atoms with E-state index in [1.807, 2.05) is 18.2 Å². The van der Waals surface area contributed by atoms with Crippen molar-refractivity contribution in [2.75, 3.05) is 21.3 Å². The zero-order valence-corrected chi connectivity index (χ0v) is 18.8. The Hall–Kier alpha value is -3.65. The lowest BCUT2D eigenvalue weighted by atomic mass is 9.68. The van der Waals surface area contributed by atoms with Gasteiger partial charge in [0.2, 0.25) is 0 Å². The highest BCUT2D eigenvalue weighted by Gasteiger charge is 2.37. The number of H-pyrrole nitrogens is 1. The first-order chi connectivity index (χ1) is 15.7. The van der Waals surface area contributed by atoms with E-state index < -0.39 is 5.41 Å². The molecule has 0 bridgehead atoms. The van der Waals surface area contributed by atoms with Crippen molar-refractivity contribution >= 4 is 17.8 Å². The van der Waals surface area contributed by atoms with Crippen molar-refractivity contribution in [3.05, 3.63) is 77.0 Å². The summed E-state index contributed by atoms with van der Waals surface area (Å²) in [6.07, 6.45) is 5.04. The summed E-state index contributed by atoms with van der Waals surface area (Å²) in [5.74, 6) is 1.88. The second-order valence-electron chi connectivity index (χ2n) is 7.50. The zero-order valence-electron chi connectivity index (χ0n) is 18.0. The van der Waals surface area contributed by atoms with Crippen molar-refractivity contribution in [3.8, 4) is 28.8 Å². The fourth-order valence-corrected chi connectivity index (χ4v) is 4.84. The minimum absolute atomic E-state index is 0.401. The van der Waals surface area contributed by atoms with Crippen molar-refractivity contribution in [3.63, 3.8) is 0 Å². The maximum atomic E-state index is 5.60. The van der Waals surface area contributed by atoms with Crippen LogP contribution in [0.25, 0.3) is 17.5 Å². The van der Waals surface area contributed by atoms with Crippen molar-refractivity contribution in [1.82, 2.24) is 18.9 Å². The predicted octanol–water partition coefficient (Wildman–Crippen LogP) is 4.51. The van der Waals surface area contributed by atoms with E-state index >= 15 is 0 Å². The van der Waals surface area contributed by atoms with Gasteiger partial charge in [0.25, 0.3) is 5.88 Å². The smallest absolute Gasteiger partial charge is 0.255 e. The molecule has 4 aromatic rings. The van der Waals surface area contributed by atoms with E-state index in [1.54, 1.807) is 21.3 Å². The third-order valence-corrected chi connectivity index (χ3v) is 6.45. The van der Waals surface area contributed by atoms with Gasteiger partial charge in [-0.3, -0.25) is 5.10 Å². The number of fused-ring (bicyclic) bond motifs is 1. The zero-order chi connectivity index (χ0) is 22.1. The highest BCUT2D eigenvalue weighted by atomic mass is 32.1. The Labute approximate surface area is 190 Å². The van der Waals surface area contributed by atoms with Crippen LogP contribution in [-0.2, 0) is 11.8 Å². The van der Waals surface area contributed by atoms with Gasteiger partial charge in [-0.25, -0.2) is 0 Å². The number of rotatable bonds is 6. The first kappa shape index (κ1) is 20.3. The normalized spacial score (nSPS) is 17.1. The summed E-state index contributed by atoms with van der Waals surface area (Å²) in [5, 5.41) is 7.80. The summed E-state index contributed by atoms with van der Waals surface area (Å²) in [7, 11) is 4.89. The van der Waals surface area contributed by atoms with Gasteiger partial charge in [-0.1, -0.05) is 48.6 Å². The van der Waals surface area contributed by atoms with Crippen LogP contribution in [0.3, 0.4) is 0 Å². The van der Waals surface area contributed by atoms with Crippen LogP contribution < -0.4 is 14.2 Å². The first-order valence-electron chi connectivity index (χ1n) is 10.1. The molecule has 0 fully saturated rings. The minimum Gasteiger partial charge on any atom is -0.493 e. The Balaban J connectivity index is 1.66. The van der Waals surface area contributed by atoms with E-state index in [2.05, 4.69) is 61.4 Å². The Bertz CT molecular complexity index is 1280. The molecule has 1 aliphatic carbocycles. The van der Waals surface area contributed by atoms with Crippen molar-refractivity contribution in [1.29, 1.82) is 0 Å². The summed E-state index contributed by atoms with van der Waals surface area (Å²) in [4.78, 5) is 0. The standard InChI is InChI=1S/C24H22N4O3S/c1-29-19-10-9-16(13-20(19)30-2)24(15-7-5-4-6-8-15)12-11-17-18(14-24)25-26-21(17)22-23(31-3)28-32-27-22/h4-13H,14H2,1-3H3,(H,25,26). The van der Waals surface area contributed by atoms with Gasteiger partial charge in [-0.15, -0.1) is 4.37 Å². The Morgan fingerprint density at radius 2 is 1.69 bits per heavy atom. The predicted molar refractivity (Wildman–Crippen MR) is 124 cm³/mol. The lowest BCUT2D eigenvalue weighted by Gasteiger charge is -2.34. The molecule has 8 heteroatoms. The summed E-state index contributed by atoms with van der Waals surface area (Å²) >= 11 is 1.11. The van der Waals surface area contributed by atoms with E-state index in [9.17, 15) is 0 Å². The largest absolute Gasteiger partial charge is 0.493 e. The first-order valence-corrected chi connectivity index (χ1v) is 10.8. The average Bonchev–Trinajstić information content (AvgIpc) is 3.49. The molecule has 5 rings (SSSR count). The summed E-state index contributed by atoms with van der Waals surface area (Å²) in [6.45, 7) is 0. The van der Waals surface area contributed by atoms with Crippen LogP contribution in [0.4, 0.5) is 0 Å². The highest BCUT2D eigenvalue weighted by molar-refractivity contribution is 6.99. The highest BCUT2D eigenvalue weighted by Crippen LogP contribution is 2.45. The van der Waals surface area contributed by atoms with E-state index in [-0.39, 0.29) is 0 Å². The van der Waals surface area contributed by atoms with Gasteiger partial charge in [-0.2, -0.15) is 9.47 Å². The number of aromatic nitrogens is 4. The number of hydrogen-bond acceptors (Lipinski definition) is 7. The van der Waals surface area contributed by atoms with Crippen molar-refractivity contribution in [2.45, 2.75) is 11.8 Å². The van der Waals surface area contributed by atoms with Gasteiger partial charge in [0, 0.05) is 23.1 Å². The molecule has 0 aliphatic heterocycles. The van der Waals surface area contributed by atoms with E-state index in [0.717, 1.165) is 34.2 Å². The van der Waals surface area contributed by atoms with Crippen LogP contribution in [0.1, 0.15) is 22.4 Å². The molecule has 1 aliphatic rings. The fraction of sp³-hybridized carbons (Fsp3) is 0.208. The quantitative estimate of drug-likeness (QED) is 0.469. The molecular formula is C24H22N4O3S. The Morgan fingerprint density at radius 1 is 0.875 bits per heavy atom. The molecule has 162 valence electrons. The molecule has 1 unspecified atom stereocenters. The van der Waals surface area contributed by atoms with Crippen LogP contribution in [0.5, 0.6) is 17.4 Å². The Morgan fingerprint density at radius 3 is 2.44 bits per heavy atom. The number of ether oxygens (including phenoxy) is 3. The lowest BCUT2D eigenvalue weighted by Crippen LogP contribution is -2.30. The van der Waals surface area contributed by atoms with E-state index in [0.29, 0.717) is 29.5 Å². The van der Waals surface area contributed by atoms with Crippen LogP contribution in [0.15, 0.2) is 54.6 Å². The molecule has 0 spiro atoms. The molecule has 2 heterocycles. The molecule has 0 saturated heterocycles. The van der Waals surface area contributed by atoms with Gasteiger partial charge >= 0.3 is 0 Å². The number of benzene rings is 2. The minimum atomic E-state index is -0.401. The number of nitrogens with zero attached hydrogens (tertiary/aromatic N) is 3. The molecule has 7 nitrogen and oxygen atoms in total. The Kier molecular flexibility index (Phi) is 5.14. The molecule has 2 aromatic heterocycles. The van der Waals surface area contributed by atoms with Crippen molar-refractivity contribution < 1.29 is 14.2 Å². The molecule has 0 saturated carbocycles.